The summed E-state index contributed by atoms with van der Waals surface area (Å²) in [6.45, 7) is 4.46. The van der Waals surface area contributed by atoms with Crippen LogP contribution in [-0.4, -0.2) is 22.7 Å². The predicted octanol–water partition coefficient (Wildman–Crippen LogP) is 6.78. The lowest BCUT2D eigenvalue weighted by atomic mass is 10.2. The van der Waals surface area contributed by atoms with Gasteiger partial charge < -0.3 is 10.1 Å². The number of thioether (sulfide) groups is 1. The number of carbonyl (C=O) groups is 1. The van der Waals surface area contributed by atoms with Gasteiger partial charge in [0.1, 0.15) is 10.8 Å². The van der Waals surface area contributed by atoms with E-state index in [1.807, 2.05) is 43.5 Å². The Morgan fingerprint density at radius 1 is 1.21 bits per heavy atom. The summed E-state index contributed by atoms with van der Waals surface area (Å²) in [7, 11) is 0. The molecule has 1 heterocycles. The number of aromatic nitrogens is 1. The number of hydrogen-bond acceptors (Lipinski definition) is 5. The number of nitrogens with one attached hydrogen (secondary N) is 1. The third-order valence-electron chi connectivity index (χ3n) is 4.03. The number of thiazole rings is 1. The van der Waals surface area contributed by atoms with Gasteiger partial charge in [0.25, 0.3) is 0 Å². The predicted molar refractivity (Wildman–Crippen MR) is 125 cm³/mol. The van der Waals surface area contributed by atoms with Gasteiger partial charge in [-0.05, 0) is 50.2 Å². The Labute approximate surface area is 188 Å². The summed E-state index contributed by atoms with van der Waals surface area (Å²) in [5, 5.41) is 6.34. The van der Waals surface area contributed by atoms with Crippen LogP contribution in [-0.2, 0) is 10.5 Å². The Balaban J connectivity index is 1.56. The molecule has 0 saturated heterocycles. The number of hydrogen-bond donors (Lipinski definition) is 1. The first-order valence-corrected chi connectivity index (χ1v) is 11.7. The molecule has 0 aliphatic rings. The van der Waals surface area contributed by atoms with Crippen LogP contribution in [0.4, 0.5) is 5.69 Å². The van der Waals surface area contributed by atoms with Gasteiger partial charge in [-0.1, -0.05) is 29.3 Å². The highest BCUT2D eigenvalue weighted by molar-refractivity contribution is 7.99. The minimum Gasteiger partial charge on any atom is -0.494 e. The second kappa shape index (κ2) is 10.3. The van der Waals surface area contributed by atoms with Crippen molar-refractivity contribution in [2.24, 2.45) is 0 Å². The van der Waals surface area contributed by atoms with Gasteiger partial charge in [-0.15, -0.1) is 23.1 Å². The van der Waals surface area contributed by atoms with Gasteiger partial charge in [0.05, 0.1) is 33.3 Å². The van der Waals surface area contributed by atoms with Crippen molar-refractivity contribution in [3.05, 3.63) is 63.6 Å². The van der Waals surface area contributed by atoms with Crippen LogP contribution < -0.4 is 10.1 Å². The molecular formula is C21H20Cl2N2O2S2. The summed E-state index contributed by atoms with van der Waals surface area (Å²) in [4.78, 5) is 17.2. The lowest BCUT2D eigenvalue weighted by Gasteiger charge is -2.13. The molecule has 0 aliphatic heterocycles. The standard InChI is InChI=1S/C21H20Cl2N2O2S2/c1-3-27-16-9-7-14(8-10-16)21-24-15(12-29-21)11-28-13(2)20(26)25-19-17(22)5-4-6-18(19)23/h4-10,12-13H,3,11H2,1-2H3,(H,25,26)/t13-/m1/s1. The van der Waals surface area contributed by atoms with E-state index in [1.54, 1.807) is 29.5 Å². The highest BCUT2D eigenvalue weighted by atomic mass is 35.5. The molecule has 0 saturated carbocycles. The lowest BCUT2D eigenvalue weighted by molar-refractivity contribution is -0.115. The number of ether oxygens (including phenoxy) is 1. The molecule has 1 amide bonds. The zero-order chi connectivity index (χ0) is 20.8. The van der Waals surface area contributed by atoms with Crippen molar-refractivity contribution < 1.29 is 9.53 Å². The molecule has 0 unspecified atom stereocenters. The molecule has 2 aromatic carbocycles. The lowest BCUT2D eigenvalue weighted by Crippen LogP contribution is -2.23. The maximum absolute atomic E-state index is 12.5. The van der Waals surface area contributed by atoms with E-state index >= 15 is 0 Å². The largest absolute Gasteiger partial charge is 0.494 e. The van der Waals surface area contributed by atoms with Gasteiger partial charge in [0.2, 0.25) is 5.91 Å². The molecule has 152 valence electrons. The third kappa shape index (κ3) is 5.89. The summed E-state index contributed by atoms with van der Waals surface area (Å²) in [6, 6.07) is 13.0. The molecule has 0 spiro atoms. The Morgan fingerprint density at radius 3 is 2.55 bits per heavy atom. The Bertz CT molecular complexity index is 957. The van der Waals surface area contributed by atoms with Crippen LogP contribution >= 0.6 is 46.3 Å². The molecule has 1 atom stereocenters. The van der Waals surface area contributed by atoms with E-state index < -0.39 is 0 Å². The number of para-hydroxylation sites is 1. The number of nitrogens with zero attached hydrogens (tertiary/aromatic N) is 1. The van der Waals surface area contributed by atoms with E-state index in [0.717, 1.165) is 22.0 Å². The van der Waals surface area contributed by atoms with E-state index in [4.69, 9.17) is 27.9 Å². The Hall–Kier alpha value is -1.73. The van der Waals surface area contributed by atoms with Crippen molar-refractivity contribution in [3.8, 4) is 16.3 Å². The van der Waals surface area contributed by atoms with Crippen molar-refractivity contribution in [2.45, 2.75) is 24.9 Å². The summed E-state index contributed by atoms with van der Waals surface area (Å²) in [5.41, 5.74) is 2.44. The smallest absolute Gasteiger partial charge is 0.237 e. The summed E-state index contributed by atoms with van der Waals surface area (Å²) < 4.78 is 5.47. The van der Waals surface area contributed by atoms with E-state index in [0.29, 0.717) is 28.1 Å². The number of benzene rings is 2. The molecule has 4 nitrogen and oxygen atoms in total. The molecular weight excluding hydrogens is 447 g/mol. The monoisotopic (exact) mass is 466 g/mol. The van der Waals surface area contributed by atoms with Crippen molar-refractivity contribution in [2.75, 3.05) is 11.9 Å². The van der Waals surface area contributed by atoms with Gasteiger partial charge in [0, 0.05) is 16.7 Å². The van der Waals surface area contributed by atoms with Crippen LogP contribution in [0.25, 0.3) is 10.6 Å². The fraction of sp³-hybridized carbons (Fsp3) is 0.238. The van der Waals surface area contributed by atoms with Crippen molar-refractivity contribution in [1.82, 2.24) is 4.98 Å². The van der Waals surface area contributed by atoms with Crippen LogP contribution in [0.5, 0.6) is 5.75 Å². The third-order valence-corrected chi connectivity index (χ3v) is 6.77. The van der Waals surface area contributed by atoms with Gasteiger partial charge >= 0.3 is 0 Å². The molecule has 0 fully saturated rings. The SMILES string of the molecule is CCOc1ccc(-c2nc(CS[C@H](C)C(=O)Nc3c(Cl)cccc3Cl)cs2)cc1. The number of anilines is 1. The Kier molecular flexibility index (Phi) is 7.84. The van der Waals surface area contributed by atoms with Crippen molar-refractivity contribution in [3.63, 3.8) is 0 Å². The minimum atomic E-state index is -0.280. The van der Waals surface area contributed by atoms with Crippen LogP contribution in [0, 0.1) is 0 Å². The second-order valence-corrected chi connectivity index (χ2v) is 9.14. The normalized spacial score (nSPS) is 11.9. The summed E-state index contributed by atoms with van der Waals surface area (Å²) in [6.07, 6.45) is 0. The number of carbonyl (C=O) groups excluding carboxylic acids is 1. The van der Waals surface area contributed by atoms with Gasteiger partial charge in [-0.3, -0.25) is 4.79 Å². The Morgan fingerprint density at radius 2 is 1.90 bits per heavy atom. The number of amides is 1. The fourth-order valence-corrected chi connectivity index (χ4v) is 4.70. The fourth-order valence-electron chi connectivity index (χ4n) is 2.49. The first-order chi connectivity index (χ1) is 14.0. The van der Waals surface area contributed by atoms with E-state index in [2.05, 4.69) is 10.3 Å². The molecule has 0 bridgehead atoms. The number of halogens is 2. The van der Waals surface area contributed by atoms with Crippen molar-refractivity contribution >= 4 is 57.9 Å². The average Bonchev–Trinajstić information content (AvgIpc) is 3.19. The number of rotatable bonds is 8. The topological polar surface area (TPSA) is 51.2 Å². The molecule has 0 radical (unpaired) electrons. The van der Waals surface area contributed by atoms with Crippen LogP contribution in [0.2, 0.25) is 10.0 Å². The molecule has 1 aromatic heterocycles. The molecule has 3 rings (SSSR count). The maximum Gasteiger partial charge on any atom is 0.237 e. The summed E-state index contributed by atoms with van der Waals surface area (Å²) >= 11 is 15.3. The zero-order valence-electron chi connectivity index (χ0n) is 15.9. The molecule has 1 N–H and O–H groups in total. The molecule has 3 aromatic rings. The molecule has 8 heteroatoms. The van der Waals surface area contributed by atoms with Crippen molar-refractivity contribution in [1.29, 1.82) is 0 Å². The van der Waals surface area contributed by atoms with Crippen LogP contribution in [0.1, 0.15) is 19.5 Å². The van der Waals surface area contributed by atoms with E-state index in [9.17, 15) is 4.79 Å². The van der Waals surface area contributed by atoms with E-state index in [1.165, 1.54) is 11.8 Å². The zero-order valence-corrected chi connectivity index (χ0v) is 19.1. The second-order valence-electron chi connectivity index (χ2n) is 6.14. The van der Waals surface area contributed by atoms with Crippen LogP contribution in [0.15, 0.2) is 47.8 Å². The van der Waals surface area contributed by atoms with Gasteiger partial charge in [0.15, 0.2) is 0 Å². The molecule has 29 heavy (non-hydrogen) atoms. The first kappa shape index (κ1) is 22.0. The van der Waals surface area contributed by atoms with E-state index in [-0.39, 0.29) is 11.2 Å². The highest BCUT2D eigenvalue weighted by Gasteiger charge is 2.17. The van der Waals surface area contributed by atoms with Gasteiger partial charge in [-0.25, -0.2) is 4.98 Å². The average molecular weight is 467 g/mol. The van der Waals surface area contributed by atoms with Gasteiger partial charge in [-0.2, -0.15) is 0 Å². The minimum absolute atomic E-state index is 0.146. The quantitative estimate of drug-likeness (QED) is 0.397. The molecule has 0 aliphatic carbocycles. The first-order valence-electron chi connectivity index (χ1n) is 9.02. The summed E-state index contributed by atoms with van der Waals surface area (Å²) in [5.74, 6) is 1.34. The highest BCUT2D eigenvalue weighted by Crippen LogP contribution is 2.31. The maximum atomic E-state index is 12.5. The van der Waals surface area contributed by atoms with Crippen LogP contribution in [0.3, 0.4) is 0 Å².